The number of sulfonamides is 1. The van der Waals surface area contributed by atoms with Gasteiger partial charge in [-0.15, -0.1) is 22.7 Å². The molecular weight excluding hydrogens is 605 g/mol. The number of halogens is 3. The first-order valence-corrected chi connectivity index (χ1v) is 15.3. The van der Waals surface area contributed by atoms with Crippen LogP contribution in [0.2, 0.25) is 0 Å². The number of likely N-dealkylation sites (tertiary alicyclic amines) is 1. The Bertz CT molecular complexity index is 1660. The second kappa shape index (κ2) is 12.2. The molecule has 0 spiro atoms. The van der Waals surface area contributed by atoms with E-state index in [0.29, 0.717) is 28.5 Å². The van der Waals surface area contributed by atoms with Crippen molar-refractivity contribution in [1.29, 1.82) is 0 Å². The molecular formula is C25H25F3N4O6S3. The summed E-state index contributed by atoms with van der Waals surface area (Å²) in [5.74, 6) is -3.80. The van der Waals surface area contributed by atoms with Crippen LogP contribution in [0.5, 0.6) is 0 Å². The van der Waals surface area contributed by atoms with E-state index >= 15 is 0 Å². The van der Waals surface area contributed by atoms with Crippen LogP contribution >= 0.6 is 22.7 Å². The van der Waals surface area contributed by atoms with E-state index in [-0.39, 0.29) is 5.92 Å². The molecule has 4 aromatic rings. The topological polar surface area (TPSA) is 153 Å². The lowest BCUT2D eigenvalue weighted by molar-refractivity contribution is -0.192. The molecule has 1 atom stereocenters. The molecule has 1 unspecified atom stereocenters. The number of fused-ring (bicyclic) bond motifs is 1. The van der Waals surface area contributed by atoms with Gasteiger partial charge >= 0.3 is 18.1 Å². The number of aryl methyl sites for hydroxylation is 1. The predicted molar refractivity (Wildman–Crippen MR) is 149 cm³/mol. The number of H-pyrrole nitrogens is 1. The molecule has 0 bridgehead atoms. The van der Waals surface area contributed by atoms with Crippen molar-refractivity contribution in [3.05, 3.63) is 52.3 Å². The number of anilines is 1. The average Bonchev–Trinajstić information content (AvgIpc) is 3.64. The molecule has 1 saturated heterocycles. The first-order valence-electron chi connectivity index (χ1n) is 12.1. The van der Waals surface area contributed by atoms with Gasteiger partial charge in [0.25, 0.3) is 10.0 Å². The summed E-state index contributed by atoms with van der Waals surface area (Å²) >= 11 is 2.75. The Morgan fingerprint density at radius 3 is 2.61 bits per heavy atom. The summed E-state index contributed by atoms with van der Waals surface area (Å²) in [4.78, 5) is 31.4. The van der Waals surface area contributed by atoms with Gasteiger partial charge in [-0.2, -0.15) is 13.2 Å². The maximum atomic E-state index is 12.9. The summed E-state index contributed by atoms with van der Waals surface area (Å²) in [6.07, 6.45) is -1.64. The summed E-state index contributed by atoms with van der Waals surface area (Å²) < 4.78 is 60.6. The first-order chi connectivity index (χ1) is 19.2. The molecule has 0 amide bonds. The molecule has 1 aliphatic rings. The SMILES string of the molecule is Cc1ccsc1S(=O)(=O)Nc1cccc2cc(-c3ncc(CN4CCCC(C(=O)O)C4)s3)[nH]c12.O=C(O)C(F)(F)F. The van der Waals surface area contributed by atoms with Gasteiger partial charge in [-0.25, -0.2) is 18.2 Å². The number of para-hydroxylation sites is 1. The van der Waals surface area contributed by atoms with Crippen molar-refractivity contribution in [3.63, 3.8) is 0 Å². The summed E-state index contributed by atoms with van der Waals surface area (Å²) in [5, 5.41) is 19.9. The minimum Gasteiger partial charge on any atom is -0.481 e. The fourth-order valence-corrected chi connectivity index (χ4v) is 7.73. The Balaban J connectivity index is 0.000000493. The van der Waals surface area contributed by atoms with Crippen molar-refractivity contribution >= 4 is 61.2 Å². The third-order valence-corrected chi connectivity index (χ3v) is 10.3. The van der Waals surface area contributed by atoms with E-state index in [1.807, 2.05) is 24.4 Å². The van der Waals surface area contributed by atoms with Gasteiger partial charge in [0.05, 0.1) is 22.8 Å². The fourth-order valence-electron chi connectivity index (χ4n) is 4.31. The number of thiophene rings is 1. The Kier molecular flexibility index (Phi) is 9.06. The highest BCUT2D eigenvalue weighted by Crippen LogP contribution is 2.33. The quantitative estimate of drug-likeness (QED) is 0.212. The molecule has 220 valence electrons. The number of carboxylic acids is 2. The van der Waals surface area contributed by atoms with Crippen LogP contribution in [0.15, 0.2) is 46.1 Å². The van der Waals surface area contributed by atoms with Crippen LogP contribution in [0, 0.1) is 12.8 Å². The highest BCUT2D eigenvalue weighted by atomic mass is 32.2. The lowest BCUT2D eigenvalue weighted by atomic mass is 9.98. The second-order valence-electron chi connectivity index (χ2n) is 9.30. The number of aliphatic carboxylic acids is 2. The summed E-state index contributed by atoms with van der Waals surface area (Å²) in [7, 11) is -3.68. The van der Waals surface area contributed by atoms with Gasteiger partial charge in [0, 0.05) is 29.5 Å². The van der Waals surface area contributed by atoms with Crippen LogP contribution in [0.4, 0.5) is 18.9 Å². The molecule has 16 heteroatoms. The van der Waals surface area contributed by atoms with Crippen molar-refractivity contribution in [2.75, 3.05) is 17.8 Å². The largest absolute Gasteiger partial charge is 0.490 e. The molecule has 1 aliphatic heterocycles. The van der Waals surface area contributed by atoms with E-state index < -0.39 is 28.1 Å². The summed E-state index contributed by atoms with van der Waals surface area (Å²) in [5.41, 5.74) is 2.72. The number of carbonyl (C=O) groups is 2. The number of nitrogens with one attached hydrogen (secondary N) is 2. The Hall–Kier alpha value is -3.47. The Labute approximate surface area is 240 Å². The van der Waals surface area contributed by atoms with Crippen LogP contribution in [-0.2, 0) is 26.2 Å². The van der Waals surface area contributed by atoms with Crippen LogP contribution in [-0.4, -0.2) is 64.7 Å². The van der Waals surface area contributed by atoms with Gasteiger partial charge < -0.3 is 15.2 Å². The minimum absolute atomic E-state index is 0.309. The number of piperidine rings is 1. The number of thiazole rings is 1. The molecule has 41 heavy (non-hydrogen) atoms. The number of benzene rings is 1. The number of rotatable bonds is 7. The van der Waals surface area contributed by atoms with E-state index in [0.717, 1.165) is 45.9 Å². The van der Waals surface area contributed by atoms with Gasteiger partial charge in [-0.3, -0.25) is 14.4 Å². The Morgan fingerprint density at radius 1 is 1.24 bits per heavy atom. The summed E-state index contributed by atoms with van der Waals surface area (Å²) in [6.45, 7) is 3.90. The lowest BCUT2D eigenvalue weighted by Crippen LogP contribution is -2.37. The monoisotopic (exact) mass is 630 g/mol. The number of hydrogen-bond acceptors (Lipinski definition) is 8. The summed E-state index contributed by atoms with van der Waals surface area (Å²) in [6, 6.07) is 9.25. The first kappa shape index (κ1) is 30.5. The zero-order chi connectivity index (χ0) is 29.9. The molecule has 0 saturated carbocycles. The number of nitrogens with zero attached hydrogens (tertiary/aromatic N) is 2. The second-order valence-corrected chi connectivity index (χ2v) is 13.2. The van der Waals surface area contributed by atoms with Crippen molar-refractivity contribution in [3.8, 4) is 10.7 Å². The fraction of sp³-hybridized carbons (Fsp3) is 0.320. The van der Waals surface area contributed by atoms with Crippen molar-refractivity contribution in [2.45, 2.75) is 36.7 Å². The molecule has 10 nitrogen and oxygen atoms in total. The van der Waals surface area contributed by atoms with Crippen LogP contribution < -0.4 is 4.72 Å². The maximum absolute atomic E-state index is 12.9. The standard InChI is InChI=1S/C23H24N4O4S3.C2HF3O2/c1-14-7-9-32-23(14)34(30,31)26-18-6-2-4-15-10-19(25-20(15)18)21-24-11-17(33-21)13-27-8-3-5-16(12-27)22(28)29;3-2(4,5)1(6)7/h2,4,6-7,9-11,16,25-26H,3,5,8,12-13H2,1H3,(H,28,29);(H,6,7). The van der Waals surface area contributed by atoms with E-state index in [4.69, 9.17) is 9.90 Å². The normalized spacial score (nSPS) is 16.2. The van der Waals surface area contributed by atoms with Gasteiger partial charge in [0.15, 0.2) is 0 Å². The maximum Gasteiger partial charge on any atom is 0.490 e. The Morgan fingerprint density at radius 2 is 1.98 bits per heavy atom. The molecule has 1 aromatic carbocycles. The smallest absolute Gasteiger partial charge is 0.481 e. The van der Waals surface area contributed by atoms with E-state index in [9.17, 15) is 31.5 Å². The highest BCUT2D eigenvalue weighted by Gasteiger charge is 2.38. The molecule has 0 aliphatic carbocycles. The van der Waals surface area contributed by atoms with E-state index in [1.54, 1.807) is 35.8 Å². The number of alkyl halides is 3. The molecule has 4 N–H and O–H groups in total. The third kappa shape index (κ3) is 7.44. The van der Waals surface area contributed by atoms with Gasteiger partial charge in [-0.05, 0) is 55.5 Å². The van der Waals surface area contributed by atoms with E-state index in [1.165, 1.54) is 11.3 Å². The zero-order valence-corrected chi connectivity index (χ0v) is 23.9. The van der Waals surface area contributed by atoms with Crippen LogP contribution in [0.1, 0.15) is 23.3 Å². The number of carboxylic acid groups (broad SMARTS) is 2. The average molecular weight is 631 g/mol. The van der Waals surface area contributed by atoms with E-state index in [2.05, 4.69) is 19.6 Å². The molecule has 3 aromatic heterocycles. The predicted octanol–water partition coefficient (Wildman–Crippen LogP) is 5.39. The van der Waals surface area contributed by atoms with Crippen molar-refractivity contribution in [2.24, 2.45) is 5.92 Å². The third-order valence-electron chi connectivity index (χ3n) is 6.22. The van der Waals surface area contributed by atoms with Gasteiger partial charge in [0.1, 0.15) is 9.22 Å². The molecule has 1 fully saturated rings. The van der Waals surface area contributed by atoms with Crippen molar-refractivity contribution in [1.82, 2.24) is 14.9 Å². The minimum atomic E-state index is -5.08. The number of hydrogen-bond donors (Lipinski definition) is 4. The van der Waals surface area contributed by atoms with Gasteiger partial charge in [0.2, 0.25) is 0 Å². The highest BCUT2D eigenvalue weighted by molar-refractivity contribution is 7.94. The van der Waals surface area contributed by atoms with Crippen LogP contribution in [0.25, 0.3) is 21.6 Å². The molecule has 0 radical (unpaired) electrons. The zero-order valence-electron chi connectivity index (χ0n) is 21.4. The molecule has 4 heterocycles. The molecule has 5 rings (SSSR count). The van der Waals surface area contributed by atoms with Crippen molar-refractivity contribution < 1.29 is 41.4 Å². The number of aromatic nitrogens is 2. The van der Waals surface area contributed by atoms with Crippen LogP contribution in [0.3, 0.4) is 0 Å². The lowest BCUT2D eigenvalue weighted by Gasteiger charge is -2.29. The number of aromatic amines is 1. The van der Waals surface area contributed by atoms with Gasteiger partial charge in [-0.1, -0.05) is 12.1 Å².